The Balaban J connectivity index is 2.02. The first-order valence-electron chi connectivity index (χ1n) is 8.60. The molecular formula is C21H21F3O. The molecule has 132 valence electrons. The molecule has 0 bridgehead atoms. The summed E-state index contributed by atoms with van der Waals surface area (Å²) in [5, 5.41) is 0. The molecule has 1 aliphatic carbocycles. The number of ether oxygens (including phenoxy) is 1. The summed E-state index contributed by atoms with van der Waals surface area (Å²) in [6, 6.07) is 5.99. The van der Waals surface area contributed by atoms with Gasteiger partial charge in [0.1, 0.15) is 5.82 Å². The summed E-state index contributed by atoms with van der Waals surface area (Å²) < 4.78 is 48.0. The summed E-state index contributed by atoms with van der Waals surface area (Å²) in [6.45, 7) is 2.14. The van der Waals surface area contributed by atoms with Crippen molar-refractivity contribution in [1.82, 2.24) is 0 Å². The van der Waals surface area contributed by atoms with Crippen LogP contribution in [0.4, 0.5) is 13.2 Å². The second-order valence-electron chi connectivity index (χ2n) is 6.34. The van der Waals surface area contributed by atoms with Crippen LogP contribution in [0.5, 0.6) is 5.75 Å². The number of benzene rings is 2. The van der Waals surface area contributed by atoms with E-state index in [0.29, 0.717) is 12.0 Å². The fourth-order valence-corrected chi connectivity index (χ4v) is 3.31. The van der Waals surface area contributed by atoms with Crippen molar-refractivity contribution >= 4 is 6.08 Å². The molecule has 0 aliphatic heterocycles. The first-order chi connectivity index (χ1) is 12.1. The summed E-state index contributed by atoms with van der Waals surface area (Å²) in [6.07, 6.45) is 6.71. The van der Waals surface area contributed by atoms with Gasteiger partial charge in [0.05, 0.1) is 7.11 Å². The molecule has 3 rings (SSSR count). The van der Waals surface area contributed by atoms with Gasteiger partial charge in [-0.05, 0) is 48.9 Å². The number of rotatable bonds is 5. The number of halogens is 3. The van der Waals surface area contributed by atoms with Gasteiger partial charge < -0.3 is 4.74 Å². The Kier molecular flexibility index (Phi) is 5.16. The molecule has 0 saturated heterocycles. The van der Waals surface area contributed by atoms with Gasteiger partial charge in [-0.25, -0.2) is 8.78 Å². The van der Waals surface area contributed by atoms with Crippen LogP contribution in [0.25, 0.3) is 17.2 Å². The normalized spacial score (nSPS) is 13.4. The molecule has 2 aromatic carbocycles. The number of allylic oxidation sites excluding steroid dienone is 1. The van der Waals surface area contributed by atoms with Crippen molar-refractivity contribution in [3.63, 3.8) is 0 Å². The topological polar surface area (TPSA) is 9.23 Å². The molecule has 0 saturated carbocycles. The van der Waals surface area contributed by atoms with Gasteiger partial charge in [0.15, 0.2) is 11.6 Å². The largest absolute Gasteiger partial charge is 0.494 e. The summed E-state index contributed by atoms with van der Waals surface area (Å²) in [5.74, 6) is -2.85. The van der Waals surface area contributed by atoms with Gasteiger partial charge in [-0.1, -0.05) is 37.1 Å². The molecule has 4 heteroatoms. The fourth-order valence-electron chi connectivity index (χ4n) is 3.31. The van der Waals surface area contributed by atoms with Crippen LogP contribution >= 0.6 is 0 Å². The van der Waals surface area contributed by atoms with Crippen LogP contribution in [-0.4, -0.2) is 7.11 Å². The molecule has 0 spiro atoms. The van der Waals surface area contributed by atoms with Crippen LogP contribution in [0.15, 0.2) is 29.8 Å². The molecular weight excluding hydrogens is 325 g/mol. The van der Waals surface area contributed by atoms with Gasteiger partial charge >= 0.3 is 0 Å². The number of methoxy groups -OCH3 is 1. The van der Waals surface area contributed by atoms with Crippen molar-refractivity contribution in [2.24, 2.45) is 0 Å². The maximum atomic E-state index is 15.0. The molecule has 2 aromatic rings. The Bertz CT molecular complexity index is 824. The van der Waals surface area contributed by atoms with E-state index in [9.17, 15) is 13.2 Å². The second kappa shape index (κ2) is 7.34. The van der Waals surface area contributed by atoms with E-state index >= 15 is 0 Å². The van der Waals surface area contributed by atoms with E-state index in [1.807, 2.05) is 6.08 Å². The smallest absolute Gasteiger partial charge is 0.201 e. The third-order valence-electron chi connectivity index (χ3n) is 4.74. The highest BCUT2D eigenvalue weighted by molar-refractivity contribution is 5.71. The van der Waals surface area contributed by atoms with Gasteiger partial charge in [0.2, 0.25) is 5.82 Å². The van der Waals surface area contributed by atoms with Gasteiger partial charge in [-0.2, -0.15) is 4.39 Å². The Morgan fingerprint density at radius 1 is 0.920 bits per heavy atom. The quantitative estimate of drug-likeness (QED) is 0.617. The molecule has 0 N–H and O–H groups in total. The molecule has 1 nitrogen and oxygen atoms in total. The minimum absolute atomic E-state index is 0.0839. The molecule has 25 heavy (non-hydrogen) atoms. The maximum Gasteiger partial charge on any atom is 0.201 e. The van der Waals surface area contributed by atoms with E-state index in [4.69, 9.17) is 4.74 Å². The molecule has 0 unspecified atom stereocenters. The highest BCUT2D eigenvalue weighted by Gasteiger charge is 2.22. The second-order valence-corrected chi connectivity index (χ2v) is 6.34. The monoisotopic (exact) mass is 346 g/mol. The third kappa shape index (κ3) is 3.30. The van der Waals surface area contributed by atoms with E-state index < -0.39 is 17.5 Å². The van der Waals surface area contributed by atoms with E-state index in [0.717, 1.165) is 31.2 Å². The van der Waals surface area contributed by atoms with Crippen LogP contribution < -0.4 is 4.74 Å². The summed E-state index contributed by atoms with van der Waals surface area (Å²) in [5.41, 5.74) is 2.74. The highest BCUT2D eigenvalue weighted by Crippen LogP contribution is 2.36. The number of fused-ring (bicyclic) bond motifs is 1. The molecule has 0 aromatic heterocycles. The first kappa shape index (κ1) is 17.6. The predicted molar refractivity (Wildman–Crippen MR) is 94.1 cm³/mol. The lowest BCUT2D eigenvalue weighted by Crippen LogP contribution is -2.05. The lowest BCUT2D eigenvalue weighted by Gasteiger charge is -2.19. The average molecular weight is 346 g/mol. The van der Waals surface area contributed by atoms with E-state index in [1.165, 1.54) is 30.9 Å². The molecule has 0 atom stereocenters. The van der Waals surface area contributed by atoms with E-state index in [2.05, 4.69) is 6.92 Å². The van der Waals surface area contributed by atoms with Gasteiger partial charge in [-0.15, -0.1) is 0 Å². The average Bonchev–Trinajstić information content (AvgIpc) is 2.63. The maximum absolute atomic E-state index is 15.0. The van der Waals surface area contributed by atoms with E-state index in [-0.39, 0.29) is 16.9 Å². The Morgan fingerprint density at radius 3 is 2.36 bits per heavy atom. The third-order valence-corrected chi connectivity index (χ3v) is 4.74. The van der Waals surface area contributed by atoms with Crippen LogP contribution in [-0.2, 0) is 6.42 Å². The molecule has 0 heterocycles. The van der Waals surface area contributed by atoms with Crippen molar-refractivity contribution in [1.29, 1.82) is 0 Å². The Morgan fingerprint density at radius 2 is 1.64 bits per heavy atom. The SMILES string of the molecule is CCCCC1=Cc2ccc(-c3ccc(OC)c(F)c3F)c(F)c2CC1. The predicted octanol–water partition coefficient (Wildman–Crippen LogP) is 6.30. The van der Waals surface area contributed by atoms with Crippen LogP contribution in [0.2, 0.25) is 0 Å². The lowest BCUT2D eigenvalue weighted by atomic mass is 9.87. The van der Waals surface area contributed by atoms with Crippen LogP contribution in [0, 0.1) is 17.5 Å². The standard InChI is InChI=1S/C21H21F3O/c1-3-4-5-13-6-8-15-14(12-13)7-9-16(19(15)22)17-10-11-18(25-2)21(24)20(17)23/h7,9-12H,3-6,8H2,1-2H3. The number of hydrogen-bond donors (Lipinski definition) is 0. The van der Waals surface area contributed by atoms with Gasteiger partial charge in [-0.3, -0.25) is 0 Å². The number of hydrogen-bond acceptors (Lipinski definition) is 1. The van der Waals surface area contributed by atoms with E-state index in [1.54, 1.807) is 6.07 Å². The summed E-state index contributed by atoms with van der Waals surface area (Å²) >= 11 is 0. The van der Waals surface area contributed by atoms with Crippen molar-refractivity contribution in [3.8, 4) is 16.9 Å². The van der Waals surface area contributed by atoms with Crippen molar-refractivity contribution in [2.45, 2.75) is 39.0 Å². The molecule has 1 aliphatic rings. The Labute approximate surface area is 146 Å². The summed E-state index contributed by atoms with van der Waals surface area (Å²) in [7, 11) is 1.26. The fraction of sp³-hybridized carbons (Fsp3) is 0.333. The highest BCUT2D eigenvalue weighted by atomic mass is 19.2. The molecule has 0 radical (unpaired) electrons. The molecule has 0 amide bonds. The zero-order chi connectivity index (χ0) is 18.0. The Hall–Kier alpha value is -2.23. The lowest BCUT2D eigenvalue weighted by molar-refractivity contribution is 0.372. The minimum atomic E-state index is -1.10. The molecule has 0 fully saturated rings. The van der Waals surface area contributed by atoms with Crippen molar-refractivity contribution in [2.75, 3.05) is 7.11 Å². The van der Waals surface area contributed by atoms with Crippen LogP contribution in [0.1, 0.15) is 43.7 Å². The summed E-state index contributed by atoms with van der Waals surface area (Å²) in [4.78, 5) is 0. The van der Waals surface area contributed by atoms with Crippen molar-refractivity contribution < 1.29 is 17.9 Å². The zero-order valence-corrected chi connectivity index (χ0v) is 14.5. The first-order valence-corrected chi connectivity index (χ1v) is 8.60. The van der Waals surface area contributed by atoms with Gasteiger partial charge in [0.25, 0.3) is 0 Å². The van der Waals surface area contributed by atoms with Crippen LogP contribution in [0.3, 0.4) is 0 Å². The van der Waals surface area contributed by atoms with Crippen molar-refractivity contribution in [3.05, 3.63) is 58.4 Å². The minimum Gasteiger partial charge on any atom is -0.494 e. The number of unbranched alkanes of at least 4 members (excludes halogenated alkanes) is 1. The van der Waals surface area contributed by atoms with Gasteiger partial charge in [0, 0.05) is 11.1 Å². The zero-order valence-electron chi connectivity index (χ0n) is 14.5.